The van der Waals surface area contributed by atoms with Crippen LogP contribution in [0.2, 0.25) is 18.1 Å². The quantitative estimate of drug-likeness (QED) is 0.751. The number of hydrogen-bond acceptors (Lipinski definition) is 5. The number of aliphatic hydroxyl groups is 1. The average Bonchev–Trinajstić information content (AvgIpc) is 2.94. The Morgan fingerprint density at radius 1 is 1.33 bits per heavy atom. The molecule has 1 N–H and O–H groups in total. The largest absolute Gasteiger partial charge is 0.547 e. The van der Waals surface area contributed by atoms with Gasteiger partial charge in [0, 0.05) is 24.9 Å². The maximum Gasteiger partial charge on any atom is 0.250 e. The molecule has 0 aliphatic heterocycles. The molecule has 150 valence electrons. The Morgan fingerprint density at radius 3 is 2.52 bits per heavy atom. The van der Waals surface area contributed by atoms with Gasteiger partial charge in [-0.3, -0.25) is 4.79 Å². The van der Waals surface area contributed by atoms with E-state index < -0.39 is 31.9 Å². The van der Waals surface area contributed by atoms with Crippen LogP contribution < -0.4 is 0 Å². The van der Waals surface area contributed by atoms with Crippen molar-refractivity contribution < 1.29 is 23.5 Å². The van der Waals surface area contributed by atoms with Crippen LogP contribution in [0.1, 0.15) is 61.9 Å². The van der Waals surface area contributed by atoms with Crippen LogP contribution in [-0.4, -0.2) is 32.4 Å². The summed E-state index contributed by atoms with van der Waals surface area (Å²) < 4.78 is 17.8. The number of aryl methyl sites for hydroxylation is 1. The lowest BCUT2D eigenvalue weighted by molar-refractivity contribution is -0.105. The molecule has 0 unspecified atom stereocenters. The number of fused-ring (bicyclic) bond motifs is 2. The van der Waals surface area contributed by atoms with Gasteiger partial charge in [0.2, 0.25) is 8.32 Å². The first-order valence-electron chi connectivity index (χ1n) is 9.57. The van der Waals surface area contributed by atoms with Gasteiger partial charge in [-0.25, -0.2) is 0 Å². The maximum atomic E-state index is 13.4. The van der Waals surface area contributed by atoms with Crippen LogP contribution >= 0.6 is 0 Å². The van der Waals surface area contributed by atoms with Crippen molar-refractivity contribution in [3.8, 4) is 0 Å². The van der Waals surface area contributed by atoms with Crippen molar-refractivity contribution >= 4 is 14.1 Å². The zero-order valence-electron chi connectivity index (χ0n) is 17.7. The Bertz CT molecular complexity index is 785. The number of ether oxygens (including phenoxy) is 1. The third kappa shape index (κ3) is 2.93. The summed E-state index contributed by atoms with van der Waals surface area (Å²) in [5.74, 6) is 0.767. The van der Waals surface area contributed by atoms with Crippen LogP contribution in [0.5, 0.6) is 0 Å². The molecule has 0 fully saturated rings. The normalized spacial score (nSPS) is 31.2. The number of carbonyl (C=O) groups excluding carboxylic acids is 1. The van der Waals surface area contributed by atoms with E-state index in [0.29, 0.717) is 17.7 Å². The van der Waals surface area contributed by atoms with Crippen LogP contribution in [-0.2, 0) is 9.16 Å². The van der Waals surface area contributed by atoms with Gasteiger partial charge >= 0.3 is 0 Å². The smallest absolute Gasteiger partial charge is 0.250 e. The molecule has 2 aliphatic carbocycles. The fourth-order valence-corrected chi connectivity index (χ4v) is 5.19. The summed E-state index contributed by atoms with van der Waals surface area (Å²) >= 11 is 0. The maximum absolute atomic E-state index is 13.4. The zero-order valence-corrected chi connectivity index (χ0v) is 18.7. The van der Waals surface area contributed by atoms with Crippen LogP contribution in [0.3, 0.4) is 0 Å². The Morgan fingerprint density at radius 2 is 1.96 bits per heavy atom. The van der Waals surface area contributed by atoms with E-state index in [1.807, 2.05) is 19.9 Å². The van der Waals surface area contributed by atoms with Crippen molar-refractivity contribution in [2.75, 3.05) is 7.11 Å². The first-order chi connectivity index (χ1) is 12.3. The molecule has 1 heterocycles. The van der Waals surface area contributed by atoms with E-state index in [9.17, 15) is 9.90 Å². The highest BCUT2D eigenvalue weighted by Gasteiger charge is 2.58. The van der Waals surface area contributed by atoms with Crippen molar-refractivity contribution in [1.29, 1.82) is 0 Å². The van der Waals surface area contributed by atoms with Crippen LogP contribution in [0.4, 0.5) is 0 Å². The van der Waals surface area contributed by atoms with E-state index in [-0.39, 0.29) is 10.8 Å². The lowest BCUT2D eigenvalue weighted by Crippen LogP contribution is -2.53. The van der Waals surface area contributed by atoms with Crippen molar-refractivity contribution in [3.63, 3.8) is 0 Å². The van der Waals surface area contributed by atoms with Gasteiger partial charge in [-0.05, 0) is 36.7 Å². The van der Waals surface area contributed by atoms with Crippen molar-refractivity contribution in [3.05, 3.63) is 35.0 Å². The van der Waals surface area contributed by atoms with Gasteiger partial charge in [-0.15, -0.1) is 0 Å². The summed E-state index contributed by atoms with van der Waals surface area (Å²) in [6.07, 6.45) is 2.64. The molecule has 6 heteroatoms. The molecule has 0 bridgehead atoms. The molecular formula is C21H32O5Si. The Hall–Kier alpha value is -1.37. The van der Waals surface area contributed by atoms with Crippen LogP contribution in [0.25, 0.3) is 0 Å². The summed E-state index contributed by atoms with van der Waals surface area (Å²) in [5.41, 5.74) is 0.503. The summed E-state index contributed by atoms with van der Waals surface area (Å²) in [6, 6.07) is 0. The fraction of sp³-hybridized carbons (Fsp3) is 0.667. The predicted octanol–water partition coefficient (Wildman–Crippen LogP) is 4.76. The van der Waals surface area contributed by atoms with Gasteiger partial charge in [0.15, 0.2) is 5.78 Å². The van der Waals surface area contributed by atoms with Crippen molar-refractivity contribution in [2.45, 2.75) is 71.4 Å². The molecule has 1 aromatic rings. The van der Waals surface area contributed by atoms with Gasteiger partial charge < -0.3 is 18.7 Å². The van der Waals surface area contributed by atoms with Gasteiger partial charge in [0.25, 0.3) is 0 Å². The SMILES string of the molecule is CO[C@@H]1C=C(O[Si](C)(C)C(C)(C)C)C[C@@H]2C(=O)c3c(C)coc3[C@H](O)[C@@]21C. The van der Waals surface area contributed by atoms with Crippen molar-refractivity contribution in [2.24, 2.45) is 11.3 Å². The Labute approximate surface area is 162 Å². The fourth-order valence-electron chi connectivity index (χ4n) is 4.07. The predicted molar refractivity (Wildman–Crippen MR) is 106 cm³/mol. The molecular weight excluding hydrogens is 360 g/mol. The summed E-state index contributed by atoms with van der Waals surface area (Å²) in [5, 5.41) is 11.2. The number of allylic oxidation sites excluding steroid dienone is 1. The number of carbonyl (C=O) groups is 1. The first kappa shape index (κ1) is 20.4. The second kappa shape index (κ2) is 6.32. The number of hydrogen-bond donors (Lipinski definition) is 1. The molecule has 0 saturated heterocycles. The van der Waals surface area contributed by atoms with Crippen molar-refractivity contribution in [1.82, 2.24) is 0 Å². The number of ketones is 1. The third-order valence-electron chi connectivity index (χ3n) is 6.96. The summed E-state index contributed by atoms with van der Waals surface area (Å²) in [6.45, 7) is 14.7. The van der Waals surface area contributed by atoms with Gasteiger partial charge in [-0.1, -0.05) is 27.7 Å². The zero-order chi connectivity index (χ0) is 20.4. The molecule has 4 atom stereocenters. The van der Waals surface area contributed by atoms with Gasteiger partial charge in [-0.2, -0.15) is 0 Å². The lowest BCUT2D eigenvalue weighted by Gasteiger charge is -2.50. The third-order valence-corrected chi connectivity index (χ3v) is 11.3. The molecule has 2 aliphatic rings. The highest BCUT2D eigenvalue weighted by atomic mass is 28.4. The minimum atomic E-state index is -2.04. The van der Waals surface area contributed by atoms with E-state index in [1.165, 1.54) is 0 Å². The standard InChI is InChI=1S/C21H32O5Si/c1-12-11-25-18-16(12)17(22)14-9-13(26-27(7,8)20(2,3)4)10-15(24-6)21(14,5)19(18)23/h10-11,14-15,19,23H,9H2,1-8H3/t14-,15-,19+,21+/m1/s1. The molecule has 5 nitrogen and oxygen atoms in total. The number of furan rings is 1. The van der Waals surface area contributed by atoms with Crippen LogP contribution in [0.15, 0.2) is 22.5 Å². The van der Waals surface area contributed by atoms with Gasteiger partial charge in [0.1, 0.15) is 11.9 Å². The van der Waals surface area contributed by atoms with Crippen LogP contribution in [0, 0.1) is 18.3 Å². The van der Waals surface area contributed by atoms with E-state index in [1.54, 1.807) is 13.4 Å². The number of methoxy groups -OCH3 is 1. The number of rotatable bonds is 3. The molecule has 0 saturated carbocycles. The molecule has 0 aromatic carbocycles. The first-order valence-corrected chi connectivity index (χ1v) is 12.5. The van der Waals surface area contributed by atoms with E-state index in [4.69, 9.17) is 13.6 Å². The molecule has 0 radical (unpaired) electrons. The topological polar surface area (TPSA) is 68.9 Å². The molecule has 0 spiro atoms. The summed E-state index contributed by atoms with van der Waals surface area (Å²) in [7, 11) is -0.430. The number of aliphatic hydroxyl groups excluding tert-OH is 1. The molecule has 27 heavy (non-hydrogen) atoms. The summed E-state index contributed by atoms with van der Waals surface area (Å²) in [4.78, 5) is 13.4. The molecule has 0 amide bonds. The highest BCUT2D eigenvalue weighted by molar-refractivity contribution is 6.74. The molecule has 3 rings (SSSR count). The number of Topliss-reactive ketones (excluding diaryl/α,β-unsaturated/α-hetero) is 1. The van der Waals surface area contributed by atoms with E-state index in [2.05, 4.69) is 33.9 Å². The van der Waals surface area contributed by atoms with E-state index in [0.717, 1.165) is 11.3 Å². The second-order valence-electron chi connectivity index (χ2n) is 9.70. The Kier molecular flexibility index (Phi) is 4.77. The minimum absolute atomic E-state index is 0.00975. The lowest BCUT2D eigenvalue weighted by atomic mass is 9.58. The Balaban J connectivity index is 2.04. The average molecular weight is 393 g/mol. The second-order valence-corrected chi connectivity index (χ2v) is 14.4. The molecule has 1 aromatic heterocycles. The highest BCUT2D eigenvalue weighted by Crippen LogP contribution is 2.56. The minimum Gasteiger partial charge on any atom is -0.547 e. The van der Waals surface area contributed by atoms with E-state index >= 15 is 0 Å². The van der Waals surface area contributed by atoms with Gasteiger partial charge in [0.05, 0.1) is 23.7 Å². The monoisotopic (exact) mass is 392 g/mol.